The fourth-order valence-electron chi connectivity index (χ4n) is 3.79. The molecule has 9 nitrogen and oxygen atoms in total. The molecule has 0 radical (unpaired) electrons. The van der Waals surface area contributed by atoms with Crippen molar-refractivity contribution in [2.24, 2.45) is 0 Å². The number of aliphatic hydroxyl groups is 1. The first-order chi connectivity index (χ1) is 13.6. The highest BCUT2D eigenvalue weighted by molar-refractivity contribution is 5.71. The number of hydrogen-bond acceptors (Lipinski definition) is 7. The van der Waals surface area contributed by atoms with E-state index in [4.69, 9.17) is 4.74 Å². The molecule has 2 aliphatic heterocycles. The lowest BCUT2D eigenvalue weighted by Gasteiger charge is -2.42. The Morgan fingerprint density at radius 3 is 2.79 bits per heavy atom. The lowest BCUT2D eigenvalue weighted by atomic mass is 10.1. The molecule has 3 N–H and O–H groups in total. The molecule has 0 unspecified atom stereocenters. The number of aromatic nitrogens is 1. The second-order valence-electron chi connectivity index (χ2n) is 8.60. The molecule has 0 saturated carbocycles. The summed E-state index contributed by atoms with van der Waals surface area (Å²) in [7, 11) is 0. The predicted octanol–water partition coefficient (Wildman–Crippen LogP) is 2.00. The van der Waals surface area contributed by atoms with Crippen molar-refractivity contribution in [2.45, 2.75) is 64.4 Å². The smallest absolute Gasteiger partial charge is 0.414 e. The number of hydrogen-bond donors (Lipinski definition) is 3. The quantitative estimate of drug-likeness (QED) is 0.636. The largest absolute Gasteiger partial charge is 0.480 e. The van der Waals surface area contributed by atoms with E-state index in [1.807, 2.05) is 12.1 Å². The molecule has 1 amide bonds. The Kier molecular flexibility index (Phi) is 6.00. The summed E-state index contributed by atoms with van der Waals surface area (Å²) in [6, 6.07) is 3.81. The number of carbonyl (C=O) groups excluding carboxylic acids is 1. The van der Waals surface area contributed by atoms with E-state index in [9.17, 15) is 19.8 Å². The van der Waals surface area contributed by atoms with E-state index >= 15 is 0 Å². The number of ether oxygens (including phenoxy) is 1. The van der Waals surface area contributed by atoms with Gasteiger partial charge in [0.05, 0.1) is 12.2 Å². The number of fused-ring (bicyclic) bond motifs is 1. The zero-order chi connectivity index (χ0) is 21.2. The fourth-order valence-corrected chi connectivity index (χ4v) is 3.79. The molecule has 0 aliphatic carbocycles. The summed E-state index contributed by atoms with van der Waals surface area (Å²) in [6.07, 6.45) is 2.10. The molecule has 29 heavy (non-hydrogen) atoms. The molecule has 1 aromatic heterocycles. The van der Waals surface area contributed by atoms with Crippen LogP contribution in [0.3, 0.4) is 0 Å². The van der Waals surface area contributed by atoms with E-state index in [0.29, 0.717) is 18.7 Å². The number of aliphatic carboxylic acids is 1. The average molecular weight is 406 g/mol. The lowest BCUT2D eigenvalue weighted by molar-refractivity contribution is -0.195. The molecule has 0 spiro atoms. The van der Waals surface area contributed by atoms with Gasteiger partial charge in [0, 0.05) is 19.5 Å². The molecule has 0 bridgehead atoms. The number of rotatable bonds is 5. The predicted molar refractivity (Wildman–Crippen MR) is 106 cm³/mol. The molecule has 1 aromatic rings. The zero-order valence-corrected chi connectivity index (χ0v) is 17.3. The Labute approximate surface area is 170 Å². The Morgan fingerprint density at radius 1 is 1.34 bits per heavy atom. The topological polar surface area (TPSA) is 115 Å². The van der Waals surface area contributed by atoms with Crippen LogP contribution in [0.4, 0.5) is 10.6 Å². The Morgan fingerprint density at radius 2 is 2.10 bits per heavy atom. The van der Waals surface area contributed by atoms with Crippen molar-refractivity contribution in [2.75, 3.05) is 25.0 Å². The Bertz CT molecular complexity index is 779. The van der Waals surface area contributed by atoms with Crippen LogP contribution >= 0.6 is 0 Å². The Hall–Kier alpha value is -2.39. The van der Waals surface area contributed by atoms with E-state index < -0.39 is 23.5 Å². The second-order valence-corrected chi connectivity index (χ2v) is 8.60. The molecule has 3 heterocycles. The van der Waals surface area contributed by atoms with Gasteiger partial charge < -0.3 is 20.3 Å². The van der Waals surface area contributed by atoms with Gasteiger partial charge in [0.15, 0.2) is 0 Å². The maximum Gasteiger partial charge on any atom is 0.414 e. The van der Waals surface area contributed by atoms with Crippen molar-refractivity contribution < 1.29 is 24.5 Å². The molecule has 1 saturated heterocycles. The van der Waals surface area contributed by atoms with E-state index in [1.165, 1.54) is 9.80 Å². The standard InChI is InChI=1S/C20H30N4O5/c1-19(2,3)29-18(27)24(20(28)9-5-11-23(20)13-16(25)26)12-15-8-7-14-6-4-10-21-17(14)22-15/h7-8,28H,4-6,9-13H2,1-3H3,(H,21,22)(H,25,26)/t20-/m0/s1. The molecule has 2 aliphatic rings. The van der Waals surface area contributed by atoms with Crippen molar-refractivity contribution in [1.82, 2.24) is 14.8 Å². The first-order valence-corrected chi connectivity index (χ1v) is 10.0. The average Bonchev–Trinajstić information content (AvgIpc) is 2.98. The molecule has 3 rings (SSSR count). The van der Waals surface area contributed by atoms with Crippen molar-refractivity contribution in [3.8, 4) is 0 Å². The number of carboxylic acids is 1. The summed E-state index contributed by atoms with van der Waals surface area (Å²) >= 11 is 0. The van der Waals surface area contributed by atoms with Gasteiger partial charge in [0.2, 0.25) is 5.85 Å². The fraction of sp³-hybridized carbons (Fsp3) is 0.650. The van der Waals surface area contributed by atoms with E-state index in [1.54, 1.807) is 20.8 Å². The number of anilines is 1. The first-order valence-electron chi connectivity index (χ1n) is 10.0. The lowest BCUT2D eigenvalue weighted by Crippen LogP contribution is -2.60. The number of pyridine rings is 1. The third-order valence-electron chi connectivity index (χ3n) is 5.09. The van der Waals surface area contributed by atoms with Crippen LogP contribution in [-0.4, -0.2) is 68.1 Å². The third-order valence-corrected chi connectivity index (χ3v) is 5.09. The number of nitrogens with zero attached hydrogens (tertiary/aromatic N) is 3. The number of carbonyl (C=O) groups is 2. The normalized spacial score (nSPS) is 21.9. The third kappa shape index (κ3) is 4.97. The summed E-state index contributed by atoms with van der Waals surface area (Å²) in [5, 5.41) is 23.9. The van der Waals surface area contributed by atoms with Crippen LogP contribution in [0.2, 0.25) is 0 Å². The van der Waals surface area contributed by atoms with Gasteiger partial charge in [-0.25, -0.2) is 14.7 Å². The van der Waals surface area contributed by atoms with Crippen LogP contribution in [0.15, 0.2) is 12.1 Å². The minimum Gasteiger partial charge on any atom is -0.480 e. The Balaban J connectivity index is 1.90. The molecule has 9 heteroatoms. The SMILES string of the molecule is CC(C)(C)OC(=O)N(Cc1ccc2c(n1)NCCC2)[C@]1(O)CCCN1CC(=O)O. The number of carboxylic acid groups (broad SMARTS) is 1. The van der Waals surface area contributed by atoms with E-state index in [0.717, 1.165) is 30.8 Å². The molecular weight excluding hydrogens is 376 g/mol. The number of amides is 1. The van der Waals surface area contributed by atoms with Gasteiger partial charge in [0.1, 0.15) is 18.0 Å². The minimum atomic E-state index is -1.74. The van der Waals surface area contributed by atoms with E-state index in [-0.39, 0.29) is 19.5 Å². The molecule has 160 valence electrons. The monoisotopic (exact) mass is 406 g/mol. The maximum atomic E-state index is 13.0. The molecular formula is C20H30N4O5. The highest BCUT2D eigenvalue weighted by Gasteiger charge is 2.48. The van der Waals surface area contributed by atoms with Gasteiger partial charge >= 0.3 is 12.1 Å². The van der Waals surface area contributed by atoms with Crippen LogP contribution in [-0.2, 0) is 22.5 Å². The van der Waals surface area contributed by atoms with Crippen molar-refractivity contribution >= 4 is 17.9 Å². The van der Waals surface area contributed by atoms with Gasteiger partial charge in [-0.1, -0.05) is 6.07 Å². The summed E-state index contributed by atoms with van der Waals surface area (Å²) in [5.41, 5.74) is 0.961. The zero-order valence-electron chi connectivity index (χ0n) is 17.3. The summed E-state index contributed by atoms with van der Waals surface area (Å²) < 4.78 is 5.53. The number of likely N-dealkylation sites (tertiary alicyclic amines) is 1. The van der Waals surface area contributed by atoms with Crippen LogP contribution < -0.4 is 5.32 Å². The summed E-state index contributed by atoms with van der Waals surface area (Å²) in [4.78, 5) is 31.5. The van der Waals surface area contributed by atoms with Gasteiger partial charge in [-0.15, -0.1) is 0 Å². The van der Waals surface area contributed by atoms with Crippen LogP contribution in [0.5, 0.6) is 0 Å². The minimum absolute atomic E-state index is 0.0104. The number of aryl methyl sites for hydroxylation is 1. The second kappa shape index (κ2) is 8.16. The first kappa shape index (κ1) is 21.3. The highest BCUT2D eigenvalue weighted by atomic mass is 16.6. The van der Waals surface area contributed by atoms with Crippen LogP contribution in [0.25, 0.3) is 0 Å². The van der Waals surface area contributed by atoms with Gasteiger partial charge in [-0.3, -0.25) is 9.69 Å². The number of nitrogens with one attached hydrogen (secondary N) is 1. The van der Waals surface area contributed by atoms with Crippen LogP contribution in [0.1, 0.15) is 51.3 Å². The summed E-state index contributed by atoms with van der Waals surface area (Å²) in [6.45, 7) is 6.11. The van der Waals surface area contributed by atoms with Gasteiger partial charge in [-0.2, -0.15) is 0 Å². The van der Waals surface area contributed by atoms with Gasteiger partial charge in [-0.05, 0) is 51.7 Å². The molecule has 1 fully saturated rings. The van der Waals surface area contributed by atoms with Gasteiger partial charge in [0.25, 0.3) is 0 Å². The molecule has 1 atom stereocenters. The molecule has 0 aromatic carbocycles. The van der Waals surface area contributed by atoms with Crippen LogP contribution in [0, 0.1) is 0 Å². The maximum absolute atomic E-state index is 13.0. The van der Waals surface area contributed by atoms with Crippen molar-refractivity contribution in [3.05, 3.63) is 23.4 Å². The van der Waals surface area contributed by atoms with Crippen molar-refractivity contribution in [3.63, 3.8) is 0 Å². The van der Waals surface area contributed by atoms with Crippen molar-refractivity contribution in [1.29, 1.82) is 0 Å². The van der Waals surface area contributed by atoms with E-state index in [2.05, 4.69) is 10.3 Å². The highest BCUT2D eigenvalue weighted by Crippen LogP contribution is 2.33. The summed E-state index contributed by atoms with van der Waals surface area (Å²) in [5.74, 6) is -2.02.